The predicted molar refractivity (Wildman–Crippen MR) is 141 cm³/mol. The monoisotopic (exact) mass is 559 g/mol. The second kappa shape index (κ2) is 13.3. The van der Waals surface area contributed by atoms with Crippen LogP contribution in [0.3, 0.4) is 0 Å². The fourth-order valence-corrected chi connectivity index (χ4v) is 3.72. The van der Waals surface area contributed by atoms with E-state index in [1.165, 1.54) is 25.3 Å². The SMILES string of the molecule is COc1ccc(Nc2cccc(C(=O)NCC(=O)NC[C@H](NC(=O)c3c(Cl)cccc3Cl)C(=O)O)c2)nc1. The fourth-order valence-electron chi connectivity index (χ4n) is 3.15. The molecule has 0 saturated carbocycles. The topological polar surface area (TPSA) is 159 Å². The first-order valence-electron chi connectivity index (χ1n) is 11.1. The third-order valence-electron chi connectivity index (χ3n) is 5.08. The highest BCUT2D eigenvalue weighted by molar-refractivity contribution is 6.39. The van der Waals surface area contributed by atoms with Gasteiger partial charge in [-0.15, -0.1) is 0 Å². The molecule has 3 rings (SSSR count). The Balaban J connectivity index is 1.51. The molecule has 38 heavy (non-hydrogen) atoms. The van der Waals surface area contributed by atoms with Crippen LogP contribution in [0, 0.1) is 0 Å². The molecule has 0 fully saturated rings. The molecule has 0 spiro atoms. The van der Waals surface area contributed by atoms with Crippen molar-refractivity contribution in [1.29, 1.82) is 0 Å². The van der Waals surface area contributed by atoms with Crippen LogP contribution in [-0.2, 0) is 9.59 Å². The molecule has 198 valence electrons. The van der Waals surface area contributed by atoms with Crippen LogP contribution in [0.5, 0.6) is 5.75 Å². The van der Waals surface area contributed by atoms with Crippen LogP contribution in [-0.4, -0.2) is 60.0 Å². The quantitative estimate of drug-likeness (QED) is 0.240. The van der Waals surface area contributed by atoms with Crippen molar-refractivity contribution in [3.63, 3.8) is 0 Å². The Hall–Kier alpha value is -4.35. The smallest absolute Gasteiger partial charge is 0.328 e. The number of anilines is 2. The van der Waals surface area contributed by atoms with Gasteiger partial charge >= 0.3 is 5.97 Å². The van der Waals surface area contributed by atoms with Crippen LogP contribution in [0.4, 0.5) is 11.5 Å². The van der Waals surface area contributed by atoms with Crippen LogP contribution in [0.2, 0.25) is 10.0 Å². The van der Waals surface area contributed by atoms with Crippen molar-refractivity contribution in [2.45, 2.75) is 6.04 Å². The van der Waals surface area contributed by atoms with Gasteiger partial charge in [0.15, 0.2) is 0 Å². The Morgan fingerprint density at radius 3 is 2.32 bits per heavy atom. The van der Waals surface area contributed by atoms with E-state index in [9.17, 15) is 24.3 Å². The molecule has 13 heteroatoms. The van der Waals surface area contributed by atoms with Gasteiger partial charge in [0.05, 0.1) is 35.5 Å². The first-order valence-corrected chi connectivity index (χ1v) is 11.8. The lowest BCUT2D eigenvalue weighted by Gasteiger charge is -2.16. The summed E-state index contributed by atoms with van der Waals surface area (Å²) in [7, 11) is 1.54. The number of halogens is 2. The third kappa shape index (κ3) is 7.82. The second-order valence-electron chi connectivity index (χ2n) is 7.74. The number of benzene rings is 2. The lowest BCUT2D eigenvalue weighted by Crippen LogP contribution is -2.50. The highest BCUT2D eigenvalue weighted by atomic mass is 35.5. The average Bonchev–Trinajstić information content (AvgIpc) is 2.90. The summed E-state index contributed by atoms with van der Waals surface area (Å²) in [5.74, 6) is -2.24. The summed E-state index contributed by atoms with van der Waals surface area (Å²) in [4.78, 5) is 53.0. The van der Waals surface area contributed by atoms with Gasteiger partial charge in [-0.3, -0.25) is 14.4 Å². The Morgan fingerprint density at radius 1 is 0.974 bits per heavy atom. The van der Waals surface area contributed by atoms with E-state index in [2.05, 4.69) is 26.3 Å². The van der Waals surface area contributed by atoms with Gasteiger partial charge in [0.1, 0.15) is 17.6 Å². The van der Waals surface area contributed by atoms with Crippen LogP contribution in [0.15, 0.2) is 60.8 Å². The Labute approximate surface area is 227 Å². The third-order valence-corrected chi connectivity index (χ3v) is 5.71. The molecule has 0 saturated heterocycles. The summed E-state index contributed by atoms with van der Waals surface area (Å²) in [6.07, 6.45) is 1.55. The second-order valence-corrected chi connectivity index (χ2v) is 8.55. The normalized spacial score (nSPS) is 11.1. The molecule has 0 bridgehead atoms. The van der Waals surface area contributed by atoms with E-state index in [1.54, 1.807) is 42.6 Å². The molecule has 2 aromatic carbocycles. The fraction of sp³-hybridized carbons (Fsp3) is 0.160. The number of rotatable bonds is 11. The van der Waals surface area contributed by atoms with Crippen LogP contribution >= 0.6 is 23.2 Å². The number of hydrogen-bond donors (Lipinski definition) is 5. The maximum absolute atomic E-state index is 12.5. The standard InChI is InChI=1S/C25H23Cl2N5O6/c1-38-16-8-9-20(28-11-16)31-15-5-2-4-14(10-15)23(34)30-13-21(33)29-12-19(25(36)37)32-24(35)22-17(26)6-3-7-18(22)27/h2-11,19H,12-13H2,1H3,(H,28,31)(H,29,33)(H,30,34)(H,32,35)(H,36,37)/t19-/m0/s1. The van der Waals surface area contributed by atoms with Crippen molar-refractivity contribution in [3.8, 4) is 5.75 Å². The zero-order chi connectivity index (χ0) is 27.7. The molecule has 3 amide bonds. The van der Waals surface area contributed by atoms with Crippen molar-refractivity contribution in [2.24, 2.45) is 0 Å². The van der Waals surface area contributed by atoms with Crippen molar-refractivity contribution < 1.29 is 29.0 Å². The van der Waals surface area contributed by atoms with Gasteiger partial charge in [-0.25, -0.2) is 9.78 Å². The number of carbonyl (C=O) groups excluding carboxylic acids is 3. The Morgan fingerprint density at radius 2 is 1.68 bits per heavy atom. The molecule has 11 nitrogen and oxygen atoms in total. The first kappa shape index (κ1) is 28.2. The number of amides is 3. The number of nitrogens with one attached hydrogen (secondary N) is 4. The van der Waals surface area contributed by atoms with Crippen LogP contribution in [0.1, 0.15) is 20.7 Å². The van der Waals surface area contributed by atoms with Gasteiger partial charge < -0.3 is 31.1 Å². The van der Waals surface area contributed by atoms with Crippen molar-refractivity contribution >= 4 is 58.4 Å². The summed E-state index contributed by atoms with van der Waals surface area (Å²) in [6.45, 7) is -0.862. The van der Waals surface area contributed by atoms with Gasteiger partial charge in [0, 0.05) is 17.8 Å². The predicted octanol–water partition coefficient (Wildman–Crippen LogP) is 2.87. The van der Waals surface area contributed by atoms with Gasteiger partial charge in [0.2, 0.25) is 5.91 Å². The lowest BCUT2D eigenvalue weighted by atomic mass is 10.2. The molecule has 3 aromatic rings. The maximum Gasteiger partial charge on any atom is 0.328 e. The van der Waals surface area contributed by atoms with Gasteiger partial charge in [0.25, 0.3) is 11.8 Å². The van der Waals surface area contributed by atoms with Crippen molar-refractivity contribution in [1.82, 2.24) is 20.9 Å². The minimum Gasteiger partial charge on any atom is -0.495 e. The number of carbonyl (C=O) groups is 4. The molecule has 5 N–H and O–H groups in total. The molecule has 0 aliphatic rings. The first-order chi connectivity index (χ1) is 18.2. The number of methoxy groups -OCH3 is 1. The number of carboxylic acids is 1. The zero-order valence-electron chi connectivity index (χ0n) is 20.0. The number of carboxylic acid groups (broad SMARTS) is 1. The van der Waals surface area contributed by atoms with E-state index >= 15 is 0 Å². The minimum absolute atomic E-state index is 0.0467. The van der Waals surface area contributed by atoms with Crippen LogP contribution < -0.4 is 26.0 Å². The summed E-state index contributed by atoms with van der Waals surface area (Å²) >= 11 is 12.0. The van der Waals surface area contributed by atoms with E-state index in [0.717, 1.165) is 0 Å². The summed E-state index contributed by atoms with van der Waals surface area (Å²) in [6, 6.07) is 12.9. The largest absolute Gasteiger partial charge is 0.495 e. The number of pyridine rings is 1. The molecule has 1 aromatic heterocycles. The van der Waals surface area contributed by atoms with Gasteiger partial charge in [-0.05, 0) is 42.5 Å². The number of aliphatic carboxylic acids is 1. The van der Waals surface area contributed by atoms with E-state index in [-0.39, 0.29) is 21.2 Å². The Kier molecular flexibility index (Phi) is 9.85. The maximum atomic E-state index is 12.5. The van der Waals surface area contributed by atoms with E-state index in [4.69, 9.17) is 27.9 Å². The minimum atomic E-state index is -1.47. The summed E-state index contributed by atoms with van der Waals surface area (Å²) in [5.41, 5.74) is 0.794. The molecule has 0 aliphatic carbocycles. The number of hydrogen-bond acceptors (Lipinski definition) is 7. The number of ether oxygens (including phenoxy) is 1. The molecular formula is C25H23Cl2N5O6. The highest BCUT2D eigenvalue weighted by Gasteiger charge is 2.24. The number of nitrogens with zero attached hydrogens (tertiary/aromatic N) is 1. The number of aromatic nitrogens is 1. The van der Waals surface area contributed by atoms with Crippen molar-refractivity contribution in [2.75, 3.05) is 25.5 Å². The zero-order valence-corrected chi connectivity index (χ0v) is 21.5. The van der Waals surface area contributed by atoms with Gasteiger partial charge in [-0.1, -0.05) is 35.3 Å². The lowest BCUT2D eigenvalue weighted by molar-refractivity contribution is -0.139. The highest BCUT2D eigenvalue weighted by Crippen LogP contribution is 2.24. The van der Waals surface area contributed by atoms with Crippen LogP contribution in [0.25, 0.3) is 0 Å². The van der Waals surface area contributed by atoms with E-state index in [0.29, 0.717) is 17.3 Å². The molecule has 0 radical (unpaired) electrons. The average molecular weight is 560 g/mol. The van der Waals surface area contributed by atoms with E-state index < -0.39 is 42.8 Å². The van der Waals surface area contributed by atoms with Crippen molar-refractivity contribution in [3.05, 3.63) is 82.0 Å². The molecule has 0 unspecified atom stereocenters. The molecule has 1 heterocycles. The van der Waals surface area contributed by atoms with Gasteiger partial charge in [-0.2, -0.15) is 0 Å². The summed E-state index contributed by atoms with van der Waals surface area (Å²) in [5, 5.41) is 19.7. The molecular weight excluding hydrogens is 537 g/mol. The summed E-state index contributed by atoms with van der Waals surface area (Å²) < 4.78 is 5.07. The molecule has 1 atom stereocenters. The van der Waals surface area contributed by atoms with E-state index in [1.807, 2.05) is 0 Å². The molecule has 0 aliphatic heterocycles. The Bertz CT molecular complexity index is 1320.